The van der Waals surface area contributed by atoms with E-state index in [1.54, 1.807) is 11.8 Å². The number of nitrogens with zero attached hydrogens (tertiary/aromatic N) is 1. The molecule has 0 amide bonds. The van der Waals surface area contributed by atoms with Gasteiger partial charge in [0.15, 0.2) is 0 Å². The maximum absolute atomic E-state index is 12.1. The highest BCUT2D eigenvalue weighted by Gasteiger charge is 2.12. The Hall–Kier alpha value is -1.00. The van der Waals surface area contributed by atoms with Crippen molar-refractivity contribution in [3.05, 3.63) is 29.8 Å². The molecule has 0 aromatic heterocycles. The molecule has 0 aliphatic carbocycles. The number of carbonyl (C=O) groups is 1. The lowest BCUT2D eigenvalue weighted by Crippen LogP contribution is -2.25. The van der Waals surface area contributed by atoms with Gasteiger partial charge in [-0.15, -0.1) is 11.8 Å². The third-order valence-corrected chi connectivity index (χ3v) is 4.11. The highest BCUT2D eigenvalue weighted by molar-refractivity contribution is 7.99. The largest absolute Gasteiger partial charge is 0.462 e. The van der Waals surface area contributed by atoms with Crippen molar-refractivity contribution in [2.24, 2.45) is 0 Å². The maximum Gasteiger partial charge on any atom is 0.339 e. The molecular formula is C16H25NO2S. The second-order valence-corrected chi connectivity index (χ2v) is 5.75. The first-order valence-electron chi connectivity index (χ1n) is 7.34. The summed E-state index contributed by atoms with van der Waals surface area (Å²) in [7, 11) is 0. The van der Waals surface area contributed by atoms with Crippen LogP contribution in [-0.4, -0.2) is 42.9 Å². The number of rotatable bonds is 9. The Bertz CT molecular complexity index is 405. The third kappa shape index (κ3) is 5.55. The Morgan fingerprint density at radius 2 is 1.90 bits per heavy atom. The monoisotopic (exact) mass is 295 g/mol. The number of carbonyl (C=O) groups excluding carboxylic acids is 1. The van der Waals surface area contributed by atoms with E-state index < -0.39 is 0 Å². The van der Waals surface area contributed by atoms with Gasteiger partial charge in [0.25, 0.3) is 0 Å². The molecule has 0 spiro atoms. The van der Waals surface area contributed by atoms with Gasteiger partial charge < -0.3 is 9.64 Å². The van der Waals surface area contributed by atoms with Gasteiger partial charge in [-0.2, -0.15) is 0 Å². The molecular weight excluding hydrogens is 270 g/mol. The number of esters is 1. The summed E-state index contributed by atoms with van der Waals surface area (Å²) in [5.74, 6) is 0.743. The molecule has 0 aliphatic rings. The summed E-state index contributed by atoms with van der Waals surface area (Å²) in [6.07, 6.45) is 0.885. The molecule has 0 bridgehead atoms. The van der Waals surface area contributed by atoms with Crippen LogP contribution in [0.25, 0.3) is 0 Å². The van der Waals surface area contributed by atoms with Gasteiger partial charge in [0, 0.05) is 11.4 Å². The van der Waals surface area contributed by atoms with E-state index in [0.29, 0.717) is 12.2 Å². The van der Waals surface area contributed by atoms with Crippen LogP contribution >= 0.6 is 11.8 Å². The van der Waals surface area contributed by atoms with Crippen molar-refractivity contribution in [1.29, 1.82) is 0 Å². The van der Waals surface area contributed by atoms with E-state index in [1.807, 2.05) is 24.3 Å². The summed E-state index contributed by atoms with van der Waals surface area (Å²) < 4.78 is 5.38. The van der Waals surface area contributed by atoms with Crippen LogP contribution in [0.1, 0.15) is 37.6 Å². The van der Waals surface area contributed by atoms with E-state index >= 15 is 0 Å². The van der Waals surface area contributed by atoms with Crippen molar-refractivity contribution in [3.63, 3.8) is 0 Å². The van der Waals surface area contributed by atoms with Crippen molar-refractivity contribution in [1.82, 2.24) is 4.90 Å². The Morgan fingerprint density at radius 3 is 2.55 bits per heavy atom. The van der Waals surface area contributed by atoms with Gasteiger partial charge in [-0.25, -0.2) is 4.79 Å². The maximum atomic E-state index is 12.1. The molecule has 4 heteroatoms. The Balaban J connectivity index is 2.43. The smallest absolute Gasteiger partial charge is 0.339 e. The van der Waals surface area contributed by atoms with Crippen LogP contribution in [0, 0.1) is 0 Å². The lowest BCUT2D eigenvalue weighted by atomic mass is 10.2. The van der Waals surface area contributed by atoms with Crippen LogP contribution < -0.4 is 0 Å². The highest BCUT2D eigenvalue weighted by atomic mass is 32.2. The molecule has 112 valence electrons. The minimum absolute atomic E-state index is 0.207. The lowest BCUT2D eigenvalue weighted by Gasteiger charge is -2.17. The molecule has 0 saturated heterocycles. The van der Waals surface area contributed by atoms with Gasteiger partial charge in [0.2, 0.25) is 0 Å². The summed E-state index contributed by atoms with van der Waals surface area (Å²) in [6.45, 7) is 9.92. The molecule has 0 aliphatic heterocycles. The fraction of sp³-hybridized carbons (Fsp3) is 0.562. The Kier molecular flexibility index (Phi) is 8.38. The molecule has 0 fully saturated rings. The predicted molar refractivity (Wildman–Crippen MR) is 85.5 cm³/mol. The molecule has 20 heavy (non-hydrogen) atoms. The zero-order valence-corrected chi connectivity index (χ0v) is 13.5. The van der Waals surface area contributed by atoms with Crippen molar-refractivity contribution < 1.29 is 9.53 Å². The second kappa shape index (κ2) is 9.83. The number of thioether (sulfide) groups is 1. The van der Waals surface area contributed by atoms with Crippen molar-refractivity contribution in [2.45, 2.75) is 32.1 Å². The SMILES string of the molecule is CCSc1ccccc1C(=O)OCCCN(CC)CC. The van der Waals surface area contributed by atoms with Crippen molar-refractivity contribution in [3.8, 4) is 0 Å². The van der Waals surface area contributed by atoms with Crippen LogP contribution in [0.2, 0.25) is 0 Å². The van der Waals surface area contributed by atoms with Crippen LogP contribution in [0.3, 0.4) is 0 Å². The Morgan fingerprint density at radius 1 is 1.20 bits per heavy atom. The molecule has 0 N–H and O–H groups in total. The minimum Gasteiger partial charge on any atom is -0.462 e. The van der Waals surface area contributed by atoms with Gasteiger partial charge in [0.05, 0.1) is 12.2 Å². The van der Waals surface area contributed by atoms with Crippen LogP contribution in [0.4, 0.5) is 0 Å². The fourth-order valence-electron chi connectivity index (χ4n) is 1.99. The summed E-state index contributed by atoms with van der Waals surface area (Å²) >= 11 is 1.67. The molecule has 0 heterocycles. The summed E-state index contributed by atoms with van der Waals surface area (Å²) in [5.41, 5.74) is 0.683. The predicted octanol–water partition coefficient (Wildman–Crippen LogP) is 3.69. The lowest BCUT2D eigenvalue weighted by molar-refractivity contribution is 0.0485. The van der Waals surface area contributed by atoms with Crippen LogP contribution in [0.15, 0.2) is 29.2 Å². The number of benzene rings is 1. The van der Waals surface area contributed by atoms with Gasteiger partial charge in [-0.3, -0.25) is 0 Å². The number of hydrogen-bond acceptors (Lipinski definition) is 4. The average molecular weight is 295 g/mol. The number of ether oxygens (including phenoxy) is 1. The van der Waals surface area contributed by atoms with Crippen molar-refractivity contribution in [2.75, 3.05) is 32.0 Å². The first kappa shape index (κ1) is 17.1. The molecule has 3 nitrogen and oxygen atoms in total. The summed E-state index contributed by atoms with van der Waals surface area (Å²) in [5, 5.41) is 0. The second-order valence-electron chi connectivity index (χ2n) is 4.45. The van der Waals surface area contributed by atoms with Crippen LogP contribution in [0.5, 0.6) is 0 Å². The molecule has 1 aromatic rings. The van der Waals surface area contributed by atoms with Crippen LogP contribution in [-0.2, 0) is 4.74 Å². The summed E-state index contributed by atoms with van der Waals surface area (Å²) in [6, 6.07) is 7.65. The van der Waals surface area contributed by atoms with E-state index in [9.17, 15) is 4.79 Å². The minimum atomic E-state index is -0.207. The summed E-state index contributed by atoms with van der Waals surface area (Å²) in [4.78, 5) is 15.4. The normalized spacial score (nSPS) is 10.8. The van der Waals surface area contributed by atoms with Crippen molar-refractivity contribution >= 4 is 17.7 Å². The average Bonchev–Trinajstić information content (AvgIpc) is 2.48. The highest BCUT2D eigenvalue weighted by Crippen LogP contribution is 2.22. The molecule has 0 atom stereocenters. The van der Waals surface area contributed by atoms with E-state index in [-0.39, 0.29) is 5.97 Å². The van der Waals surface area contributed by atoms with Gasteiger partial charge in [-0.1, -0.05) is 32.9 Å². The van der Waals surface area contributed by atoms with E-state index in [4.69, 9.17) is 4.74 Å². The van der Waals surface area contributed by atoms with E-state index in [2.05, 4.69) is 25.7 Å². The standard InChI is InChI=1S/C16H25NO2S/c1-4-17(5-2)12-9-13-19-16(18)14-10-7-8-11-15(14)20-6-3/h7-8,10-11H,4-6,9,12-13H2,1-3H3. The first-order valence-corrected chi connectivity index (χ1v) is 8.32. The van der Waals surface area contributed by atoms with Gasteiger partial charge in [-0.05, 0) is 37.4 Å². The Labute approximate surface area is 126 Å². The molecule has 1 rings (SSSR count). The fourth-order valence-corrected chi connectivity index (χ4v) is 2.78. The van der Waals surface area contributed by atoms with Gasteiger partial charge >= 0.3 is 5.97 Å². The van der Waals surface area contributed by atoms with E-state index in [1.165, 1.54) is 0 Å². The van der Waals surface area contributed by atoms with Gasteiger partial charge in [0.1, 0.15) is 0 Å². The molecule has 0 saturated carbocycles. The zero-order valence-electron chi connectivity index (χ0n) is 12.7. The molecule has 1 aromatic carbocycles. The molecule has 0 unspecified atom stereocenters. The quantitative estimate of drug-likeness (QED) is 0.395. The van der Waals surface area contributed by atoms with E-state index in [0.717, 1.165) is 36.7 Å². The molecule has 0 radical (unpaired) electrons. The zero-order chi connectivity index (χ0) is 14.8. The number of hydrogen-bond donors (Lipinski definition) is 0. The topological polar surface area (TPSA) is 29.5 Å². The third-order valence-electron chi connectivity index (χ3n) is 3.15. The first-order chi connectivity index (χ1) is 9.72.